The van der Waals surface area contributed by atoms with E-state index >= 15 is 0 Å². The lowest BCUT2D eigenvalue weighted by atomic mass is 10.2. The molecule has 140 valence electrons. The molecule has 2 aromatic heterocycles. The van der Waals surface area contributed by atoms with E-state index in [9.17, 15) is 4.79 Å². The van der Waals surface area contributed by atoms with Crippen molar-refractivity contribution in [2.45, 2.75) is 37.5 Å². The van der Waals surface area contributed by atoms with E-state index < -0.39 is 0 Å². The van der Waals surface area contributed by atoms with Gasteiger partial charge in [0, 0.05) is 18.1 Å². The number of aromatic nitrogens is 6. The van der Waals surface area contributed by atoms with Gasteiger partial charge in [0.05, 0.1) is 23.2 Å². The first kappa shape index (κ1) is 17.7. The van der Waals surface area contributed by atoms with Gasteiger partial charge in [-0.15, -0.1) is 16.9 Å². The fourth-order valence-corrected chi connectivity index (χ4v) is 4.02. The normalized spacial score (nSPS) is 14.5. The van der Waals surface area contributed by atoms with Crippen molar-refractivity contribution in [1.82, 2.24) is 30.0 Å². The first-order chi connectivity index (χ1) is 13.3. The summed E-state index contributed by atoms with van der Waals surface area (Å²) in [6.45, 7) is 0. The van der Waals surface area contributed by atoms with E-state index in [-0.39, 0.29) is 5.91 Å². The maximum Gasteiger partial charge on any atom is 0.234 e. The monoisotopic (exact) mass is 383 g/mol. The molecule has 1 aliphatic carbocycles. The summed E-state index contributed by atoms with van der Waals surface area (Å²) < 4.78 is 3.71. The molecule has 3 aromatic rings. The molecule has 0 saturated heterocycles. The smallest absolute Gasteiger partial charge is 0.234 e. The van der Waals surface area contributed by atoms with Gasteiger partial charge in [-0.05, 0) is 53.6 Å². The lowest BCUT2D eigenvalue weighted by Crippen LogP contribution is -2.15. The summed E-state index contributed by atoms with van der Waals surface area (Å²) in [4.78, 5) is 12.2. The van der Waals surface area contributed by atoms with Crippen LogP contribution < -0.4 is 5.32 Å². The Morgan fingerprint density at radius 2 is 2.04 bits per heavy atom. The van der Waals surface area contributed by atoms with E-state index in [4.69, 9.17) is 0 Å². The van der Waals surface area contributed by atoms with Crippen LogP contribution in [-0.4, -0.2) is 41.6 Å². The molecule has 4 rings (SSSR count). The van der Waals surface area contributed by atoms with Crippen LogP contribution in [0.2, 0.25) is 0 Å². The van der Waals surface area contributed by atoms with Gasteiger partial charge in [-0.1, -0.05) is 12.8 Å². The standard InChI is InChI=1S/C18H21N7OS/c26-18(20-14-6-8-15(9-7-14)24-11-3-10-19-24)13-27-12-17-21-22-23-25(17)16-4-1-2-5-16/h3,6-11,16H,1-2,4-5,12-13H2,(H,20,26). The van der Waals surface area contributed by atoms with E-state index in [1.807, 2.05) is 41.2 Å². The van der Waals surface area contributed by atoms with Crippen LogP contribution >= 0.6 is 11.8 Å². The van der Waals surface area contributed by atoms with Crippen LogP contribution in [0, 0.1) is 0 Å². The van der Waals surface area contributed by atoms with E-state index in [1.165, 1.54) is 24.6 Å². The van der Waals surface area contributed by atoms with E-state index in [1.54, 1.807) is 10.9 Å². The SMILES string of the molecule is O=C(CSCc1nnnn1C1CCCC1)Nc1ccc(-n2cccn2)cc1. The summed E-state index contributed by atoms with van der Waals surface area (Å²) in [6, 6.07) is 9.88. The highest BCUT2D eigenvalue weighted by atomic mass is 32.2. The molecular weight excluding hydrogens is 362 g/mol. The predicted molar refractivity (Wildman–Crippen MR) is 104 cm³/mol. The van der Waals surface area contributed by atoms with E-state index in [2.05, 4.69) is 25.9 Å². The average Bonchev–Trinajstić information content (AvgIpc) is 3.44. The number of tetrazole rings is 1. The molecule has 0 spiro atoms. The Balaban J connectivity index is 1.26. The van der Waals surface area contributed by atoms with Crippen LogP contribution in [0.15, 0.2) is 42.7 Å². The Hall–Kier alpha value is -2.68. The molecule has 8 nitrogen and oxygen atoms in total. The van der Waals surface area contributed by atoms with Gasteiger partial charge in [-0.3, -0.25) is 4.79 Å². The lowest BCUT2D eigenvalue weighted by Gasteiger charge is -2.11. The lowest BCUT2D eigenvalue weighted by molar-refractivity contribution is -0.113. The van der Waals surface area contributed by atoms with Gasteiger partial charge < -0.3 is 5.32 Å². The molecule has 1 aromatic carbocycles. The second-order valence-electron chi connectivity index (χ2n) is 6.52. The molecular formula is C18H21N7OS. The summed E-state index contributed by atoms with van der Waals surface area (Å²) >= 11 is 1.52. The number of amides is 1. The zero-order chi connectivity index (χ0) is 18.5. The van der Waals surface area contributed by atoms with Crippen molar-refractivity contribution in [1.29, 1.82) is 0 Å². The van der Waals surface area contributed by atoms with Crippen molar-refractivity contribution < 1.29 is 4.79 Å². The van der Waals surface area contributed by atoms with E-state index in [0.29, 0.717) is 17.5 Å². The zero-order valence-corrected chi connectivity index (χ0v) is 15.7. The first-order valence-corrected chi connectivity index (χ1v) is 10.2. The molecule has 1 aliphatic rings. The third kappa shape index (κ3) is 4.36. The van der Waals surface area contributed by atoms with Crippen molar-refractivity contribution in [2.75, 3.05) is 11.1 Å². The molecule has 1 amide bonds. The third-order valence-electron chi connectivity index (χ3n) is 4.62. The topological polar surface area (TPSA) is 90.5 Å². The molecule has 1 saturated carbocycles. The molecule has 0 radical (unpaired) electrons. The fraction of sp³-hybridized carbons (Fsp3) is 0.389. The number of hydrogen-bond donors (Lipinski definition) is 1. The largest absolute Gasteiger partial charge is 0.325 e. The molecule has 0 aliphatic heterocycles. The van der Waals surface area contributed by atoms with Gasteiger partial charge in [-0.2, -0.15) is 5.10 Å². The number of benzene rings is 1. The van der Waals surface area contributed by atoms with Crippen LogP contribution in [0.5, 0.6) is 0 Å². The van der Waals surface area contributed by atoms with Crippen LogP contribution in [0.4, 0.5) is 5.69 Å². The quantitative estimate of drug-likeness (QED) is 0.675. The maximum atomic E-state index is 12.2. The Kier molecular flexibility index (Phi) is 5.47. The fourth-order valence-electron chi connectivity index (χ4n) is 3.29. The van der Waals surface area contributed by atoms with Crippen molar-refractivity contribution in [3.63, 3.8) is 0 Å². The number of anilines is 1. The molecule has 0 unspecified atom stereocenters. The van der Waals surface area contributed by atoms with Gasteiger partial charge in [0.1, 0.15) is 0 Å². The number of nitrogens with zero attached hydrogens (tertiary/aromatic N) is 6. The third-order valence-corrected chi connectivity index (χ3v) is 5.54. The van der Waals surface area contributed by atoms with Crippen molar-refractivity contribution in [3.8, 4) is 5.69 Å². The maximum absolute atomic E-state index is 12.2. The number of rotatable bonds is 7. The van der Waals surface area contributed by atoms with Crippen molar-refractivity contribution >= 4 is 23.4 Å². The highest BCUT2D eigenvalue weighted by molar-refractivity contribution is 7.99. The number of carbonyl (C=O) groups is 1. The van der Waals surface area contributed by atoms with Crippen LogP contribution in [-0.2, 0) is 10.5 Å². The number of thioether (sulfide) groups is 1. The Labute approximate surface area is 161 Å². The highest BCUT2D eigenvalue weighted by Gasteiger charge is 2.21. The molecule has 27 heavy (non-hydrogen) atoms. The Morgan fingerprint density at radius 3 is 2.78 bits per heavy atom. The second kappa shape index (κ2) is 8.34. The summed E-state index contributed by atoms with van der Waals surface area (Å²) in [5.41, 5.74) is 1.72. The molecule has 1 N–H and O–H groups in total. The minimum atomic E-state index is -0.0354. The van der Waals surface area contributed by atoms with Gasteiger partial charge in [0.2, 0.25) is 5.91 Å². The highest BCUT2D eigenvalue weighted by Crippen LogP contribution is 2.29. The minimum Gasteiger partial charge on any atom is -0.325 e. The number of carbonyl (C=O) groups excluding carboxylic acids is 1. The molecule has 1 fully saturated rings. The van der Waals surface area contributed by atoms with E-state index in [0.717, 1.165) is 30.0 Å². The number of nitrogens with one attached hydrogen (secondary N) is 1. The van der Waals surface area contributed by atoms with Gasteiger partial charge in [0.25, 0.3) is 0 Å². The van der Waals surface area contributed by atoms with Crippen molar-refractivity contribution in [2.24, 2.45) is 0 Å². The summed E-state index contributed by atoms with van der Waals surface area (Å²) in [5.74, 6) is 1.81. The van der Waals surface area contributed by atoms with Crippen LogP contribution in [0.1, 0.15) is 37.5 Å². The summed E-state index contributed by atoms with van der Waals surface area (Å²) in [5, 5.41) is 19.1. The molecule has 2 heterocycles. The van der Waals surface area contributed by atoms with Gasteiger partial charge in [-0.25, -0.2) is 9.36 Å². The second-order valence-corrected chi connectivity index (χ2v) is 7.50. The number of hydrogen-bond acceptors (Lipinski definition) is 6. The Bertz CT molecular complexity index is 870. The Morgan fingerprint density at radius 1 is 1.22 bits per heavy atom. The molecule has 0 bridgehead atoms. The summed E-state index contributed by atoms with van der Waals surface area (Å²) in [7, 11) is 0. The predicted octanol–water partition coefficient (Wildman–Crippen LogP) is 2.85. The first-order valence-electron chi connectivity index (χ1n) is 9.04. The summed E-state index contributed by atoms with van der Waals surface area (Å²) in [6.07, 6.45) is 8.35. The van der Waals surface area contributed by atoms with Crippen LogP contribution in [0.3, 0.4) is 0 Å². The zero-order valence-electron chi connectivity index (χ0n) is 14.9. The van der Waals surface area contributed by atoms with Crippen LogP contribution in [0.25, 0.3) is 5.69 Å². The van der Waals surface area contributed by atoms with Gasteiger partial charge >= 0.3 is 0 Å². The molecule has 9 heteroatoms. The van der Waals surface area contributed by atoms with Crippen molar-refractivity contribution in [3.05, 3.63) is 48.5 Å². The molecule has 0 atom stereocenters. The minimum absolute atomic E-state index is 0.0354. The average molecular weight is 383 g/mol. The van der Waals surface area contributed by atoms with Gasteiger partial charge in [0.15, 0.2) is 5.82 Å².